The van der Waals surface area contributed by atoms with Gasteiger partial charge in [0.2, 0.25) is 0 Å². The van der Waals surface area contributed by atoms with E-state index in [2.05, 4.69) is 94.4 Å². The van der Waals surface area contributed by atoms with Crippen LogP contribution >= 0.6 is 0 Å². The van der Waals surface area contributed by atoms with E-state index in [1.807, 2.05) is 0 Å². The number of hydrogen-bond acceptors (Lipinski definition) is 2. The lowest BCUT2D eigenvalue weighted by molar-refractivity contribution is -0.170. The fourth-order valence-corrected chi connectivity index (χ4v) is 11.3. The highest BCUT2D eigenvalue weighted by molar-refractivity contribution is 5.79. The van der Waals surface area contributed by atoms with Crippen molar-refractivity contribution in [1.29, 1.82) is 0 Å². The Morgan fingerprint density at radius 1 is 0.857 bits per heavy atom. The van der Waals surface area contributed by atoms with Crippen molar-refractivity contribution in [3.8, 4) is 0 Å². The van der Waals surface area contributed by atoms with Gasteiger partial charge in [-0.15, -0.1) is 0 Å². The van der Waals surface area contributed by atoms with Gasteiger partial charge in [-0.1, -0.05) is 101 Å². The molecule has 6 rings (SSSR count). The summed E-state index contributed by atoms with van der Waals surface area (Å²) in [5, 5.41) is 0. The van der Waals surface area contributed by atoms with E-state index in [0.717, 1.165) is 48.9 Å². The molecule has 4 aliphatic rings. The maximum Gasteiger partial charge on any atom is 0.302 e. The molecule has 4 fully saturated rings. The zero-order valence-electron chi connectivity index (χ0n) is 26.9. The normalized spacial score (nSPS) is 38.0. The third-order valence-electron chi connectivity index (χ3n) is 13.3. The molecular weight excluding hydrogens is 512 g/mol. The van der Waals surface area contributed by atoms with Crippen LogP contribution in [0.1, 0.15) is 110 Å². The molecule has 2 aromatic carbocycles. The minimum atomic E-state index is -0.0978. The number of ether oxygens (including phenoxy) is 1. The second-order valence-electron chi connectivity index (χ2n) is 15.2. The van der Waals surface area contributed by atoms with Crippen molar-refractivity contribution in [3.63, 3.8) is 0 Å². The number of benzene rings is 2. The summed E-state index contributed by atoms with van der Waals surface area (Å²) in [5.41, 5.74) is 4.91. The molecule has 4 unspecified atom stereocenters. The first-order valence-corrected chi connectivity index (χ1v) is 17.2. The van der Waals surface area contributed by atoms with E-state index >= 15 is 0 Å². The third kappa shape index (κ3) is 5.30. The minimum Gasteiger partial charge on any atom is -0.463 e. The van der Waals surface area contributed by atoms with Crippen molar-refractivity contribution in [2.45, 2.75) is 105 Å². The fourth-order valence-electron chi connectivity index (χ4n) is 11.3. The van der Waals surface area contributed by atoms with Crippen LogP contribution in [0.2, 0.25) is 0 Å². The van der Waals surface area contributed by atoms with Gasteiger partial charge in [0, 0.05) is 6.92 Å². The lowest BCUT2D eigenvalue weighted by Gasteiger charge is -2.63. The largest absolute Gasteiger partial charge is 0.463 e. The predicted molar refractivity (Wildman–Crippen MR) is 174 cm³/mol. The van der Waals surface area contributed by atoms with Crippen LogP contribution in [0, 0.1) is 52.3 Å². The molecule has 4 aliphatic carbocycles. The topological polar surface area (TPSA) is 26.3 Å². The average Bonchev–Trinajstić information content (AvgIpc) is 3.35. The van der Waals surface area contributed by atoms with Crippen LogP contribution in [0.4, 0.5) is 0 Å². The molecule has 2 aromatic rings. The van der Waals surface area contributed by atoms with Crippen LogP contribution < -0.4 is 0 Å². The Balaban J connectivity index is 1.21. The zero-order chi connectivity index (χ0) is 29.5. The Bertz CT molecular complexity index is 1210. The van der Waals surface area contributed by atoms with Crippen LogP contribution in [0.25, 0.3) is 5.57 Å². The number of allylic oxidation sites excluding steroid dienone is 1. The number of carbonyl (C=O) groups excluding carboxylic acids is 1. The molecule has 226 valence electrons. The summed E-state index contributed by atoms with van der Waals surface area (Å²) in [6, 6.07) is 21.9. The van der Waals surface area contributed by atoms with Crippen molar-refractivity contribution < 1.29 is 9.53 Å². The second-order valence-corrected chi connectivity index (χ2v) is 15.2. The van der Waals surface area contributed by atoms with Crippen LogP contribution in [0.3, 0.4) is 0 Å². The Hall–Kier alpha value is -2.35. The van der Waals surface area contributed by atoms with Gasteiger partial charge in [0.25, 0.3) is 0 Å². The monoisotopic (exact) mass is 566 g/mol. The van der Waals surface area contributed by atoms with E-state index in [4.69, 9.17) is 4.74 Å². The summed E-state index contributed by atoms with van der Waals surface area (Å²) in [4.78, 5) is 11.8. The van der Waals surface area contributed by atoms with Crippen LogP contribution in [0.15, 0.2) is 66.7 Å². The van der Waals surface area contributed by atoms with Gasteiger partial charge in [-0.2, -0.15) is 0 Å². The summed E-state index contributed by atoms with van der Waals surface area (Å²) >= 11 is 0. The molecule has 0 saturated heterocycles. The summed E-state index contributed by atoms with van der Waals surface area (Å²) in [7, 11) is 0. The van der Waals surface area contributed by atoms with E-state index in [-0.39, 0.29) is 12.1 Å². The predicted octanol–water partition coefficient (Wildman–Crippen LogP) is 10.4. The van der Waals surface area contributed by atoms with Crippen LogP contribution in [-0.2, 0) is 9.53 Å². The minimum absolute atomic E-state index is 0.0978. The Morgan fingerprint density at radius 3 is 2.10 bits per heavy atom. The van der Waals surface area contributed by atoms with Gasteiger partial charge in [-0.05, 0) is 127 Å². The van der Waals surface area contributed by atoms with Crippen LogP contribution in [-0.4, -0.2) is 12.1 Å². The van der Waals surface area contributed by atoms with E-state index in [0.29, 0.717) is 22.7 Å². The van der Waals surface area contributed by atoms with Crippen molar-refractivity contribution in [3.05, 3.63) is 77.9 Å². The van der Waals surface area contributed by atoms with Gasteiger partial charge >= 0.3 is 5.97 Å². The summed E-state index contributed by atoms with van der Waals surface area (Å²) < 4.78 is 5.79. The van der Waals surface area contributed by atoms with Crippen molar-refractivity contribution in [1.82, 2.24) is 0 Å². The second kappa shape index (κ2) is 12.0. The molecule has 0 spiro atoms. The number of rotatable bonds is 7. The molecule has 0 amide bonds. The first-order valence-electron chi connectivity index (χ1n) is 17.2. The van der Waals surface area contributed by atoms with Gasteiger partial charge in [0.05, 0.1) is 0 Å². The molecule has 4 saturated carbocycles. The van der Waals surface area contributed by atoms with Crippen molar-refractivity contribution in [2.75, 3.05) is 0 Å². The molecule has 0 heterocycles. The van der Waals surface area contributed by atoms with Crippen LogP contribution in [0.5, 0.6) is 0 Å². The van der Waals surface area contributed by atoms with Crippen molar-refractivity contribution >= 4 is 11.5 Å². The quantitative estimate of drug-likeness (QED) is 0.312. The van der Waals surface area contributed by atoms with Gasteiger partial charge in [-0.25, -0.2) is 0 Å². The first-order chi connectivity index (χ1) is 20.2. The van der Waals surface area contributed by atoms with Crippen molar-refractivity contribution in [2.24, 2.45) is 52.3 Å². The molecule has 0 bridgehead atoms. The Morgan fingerprint density at radius 2 is 1.48 bits per heavy atom. The van der Waals surface area contributed by atoms with E-state index < -0.39 is 0 Å². The molecule has 42 heavy (non-hydrogen) atoms. The highest BCUT2D eigenvalue weighted by Crippen LogP contribution is 2.69. The Kier molecular flexibility index (Phi) is 8.47. The summed E-state index contributed by atoms with van der Waals surface area (Å²) in [6.07, 6.45) is 15.5. The van der Waals surface area contributed by atoms with Gasteiger partial charge in [0.15, 0.2) is 0 Å². The zero-order valence-corrected chi connectivity index (χ0v) is 26.9. The highest BCUT2D eigenvalue weighted by atomic mass is 16.5. The first kappa shape index (κ1) is 29.7. The molecule has 0 N–H and O–H groups in total. The lowest BCUT2D eigenvalue weighted by atomic mass is 9.42. The van der Waals surface area contributed by atoms with E-state index in [1.165, 1.54) is 61.6 Å². The smallest absolute Gasteiger partial charge is 0.302 e. The molecule has 2 heteroatoms. The molecule has 0 aromatic heterocycles. The van der Waals surface area contributed by atoms with Gasteiger partial charge in [0.1, 0.15) is 6.10 Å². The highest BCUT2D eigenvalue weighted by Gasteiger charge is 2.62. The van der Waals surface area contributed by atoms with Gasteiger partial charge < -0.3 is 4.74 Å². The standard InChI is InChI=1S/C40H54O2/c1-6-29-25-34-36-20-19-35(27(2)17-18-33(30-13-9-7-10-14-30)31-15-11-8-12-16-31)39(36,4)24-22-37(34)40(5)23-21-32(26-38(29)40)42-28(3)41/h7-16,18,27,29,32,34-38H,6,17,19-26H2,1-5H3/t27-,29+,32-,34?,35?,36?,37?,38+,39-,40-/m1/s1. The fraction of sp³-hybridized carbons (Fsp3) is 0.625. The number of carbonyl (C=O) groups is 1. The van der Waals surface area contributed by atoms with E-state index in [9.17, 15) is 4.79 Å². The molecule has 10 atom stereocenters. The maximum atomic E-state index is 11.8. The number of esters is 1. The average molecular weight is 567 g/mol. The summed E-state index contributed by atoms with van der Waals surface area (Å²) in [5.74, 6) is 5.46. The summed E-state index contributed by atoms with van der Waals surface area (Å²) in [6.45, 7) is 11.9. The number of hydrogen-bond donors (Lipinski definition) is 0. The molecular formula is C40H54O2. The van der Waals surface area contributed by atoms with E-state index in [1.54, 1.807) is 6.92 Å². The molecule has 0 aliphatic heterocycles. The maximum absolute atomic E-state index is 11.8. The SMILES string of the molecule is CC[C@H]1CC2C3CCC([C@H](C)CC=C(c4ccccc4)c4ccccc4)[C@@]3(C)CCC2[C@@]2(C)CC[C@@H](OC(C)=O)C[C@@H]12. The molecule has 0 radical (unpaired) electrons. The Labute approximate surface area is 255 Å². The molecule has 2 nitrogen and oxygen atoms in total. The lowest BCUT2D eigenvalue weighted by Crippen LogP contribution is -2.57. The van der Waals surface area contributed by atoms with Gasteiger partial charge in [-0.3, -0.25) is 4.79 Å². The third-order valence-corrected chi connectivity index (χ3v) is 13.3. The number of fused-ring (bicyclic) bond motifs is 5.